The monoisotopic (exact) mass is 245 g/mol. The van der Waals surface area contributed by atoms with Crippen LogP contribution < -0.4 is 0 Å². The molecule has 0 N–H and O–H groups in total. The fourth-order valence-corrected chi connectivity index (χ4v) is 4.06. The van der Waals surface area contributed by atoms with Gasteiger partial charge in [-0.3, -0.25) is 0 Å². The maximum absolute atomic E-state index is 6.17. The van der Waals surface area contributed by atoms with Crippen molar-refractivity contribution in [3.8, 4) is 0 Å². The number of hydrogen-bond donors (Lipinski definition) is 0. The SMILES string of the molecule is CC(C)(C[Si](Cl)CCl)c1ccccc1. The first-order valence-electron chi connectivity index (χ1n) is 4.68. The summed E-state index contributed by atoms with van der Waals surface area (Å²) >= 11 is 11.9. The van der Waals surface area contributed by atoms with E-state index in [9.17, 15) is 0 Å². The van der Waals surface area contributed by atoms with Crippen molar-refractivity contribution in [2.45, 2.75) is 25.3 Å². The molecule has 1 aromatic carbocycles. The molecule has 0 spiro atoms. The second-order valence-electron chi connectivity index (χ2n) is 4.08. The predicted molar refractivity (Wildman–Crippen MR) is 66.6 cm³/mol. The third-order valence-electron chi connectivity index (χ3n) is 2.33. The molecule has 0 saturated heterocycles. The zero-order valence-electron chi connectivity index (χ0n) is 8.56. The molecule has 77 valence electrons. The summed E-state index contributed by atoms with van der Waals surface area (Å²) in [4.78, 5) is 0. The molecule has 0 nitrogen and oxygen atoms in total. The molecule has 0 bridgehead atoms. The van der Waals surface area contributed by atoms with E-state index in [4.69, 9.17) is 22.7 Å². The van der Waals surface area contributed by atoms with E-state index in [1.807, 2.05) is 6.07 Å². The van der Waals surface area contributed by atoms with Crippen molar-refractivity contribution in [2.24, 2.45) is 0 Å². The minimum absolute atomic E-state index is 0.145. The summed E-state index contributed by atoms with van der Waals surface area (Å²) in [5.41, 5.74) is 2.10. The maximum Gasteiger partial charge on any atom is 0.181 e. The lowest BCUT2D eigenvalue weighted by molar-refractivity contribution is 0.586. The summed E-state index contributed by atoms with van der Waals surface area (Å²) in [6.45, 7) is 4.45. The van der Waals surface area contributed by atoms with Gasteiger partial charge in [0.25, 0.3) is 0 Å². The van der Waals surface area contributed by atoms with Gasteiger partial charge in [-0.2, -0.15) is 11.1 Å². The molecule has 0 amide bonds. The Balaban J connectivity index is 2.75. The molecule has 1 aromatic rings. The van der Waals surface area contributed by atoms with E-state index in [1.165, 1.54) is 5.56 Å². The average Bonchev–Trinajstić information content (AvgIpc) is 2.18. The van der Waals surface area contributed by atoms with Gasteiger partial charge in [-0.1, -0.05) is 44.2 Å². The number of benzene rings is 1. The van der Waals surface area contributed by atoms with Crippen LogP contribution >= 0.6 is 22.7 Å². The van der Waals surface area contributed by atoms with E-state index in [2.05, 4.69) is 38.1 Å². The summed E-state index contributed by atoms with van der Waals surface area (Å²) in [6, 6.07) is 11.5. The second kappa shape index (κ2) is 5.20. The molecule has 14 heavy (non-hydrogen) atoms. The first-order chi connectivity index (χ1) is 6.56. The zero-order chi connectivity index (χ0) is 10.6. The molecule has 0 heterocycles. The van der Waals surface area contributed by atoms with E-state index >= 15 is 0 Å². The number of rotatable bonds is 4. The topological polar surface area (TPSA) is 0 Å². The Morgan fingerprint density at radius 3 is 2.29 bits per heavy atom. The fourth-order valence-electron chi connectivity index (χ4n) is 1.52. The average molecular weight is 246 g/mol. The quantitative estimate of drug-likeness (QED) is 0.428. The van der Waals surface area contributed by atoms with Gasteiger partial charge in [0, 0.05) is 5.50 Å². The lowest BCUT2D eigenvalue weighted by atomic mass is 9.87. The molecule has 0 aromatic heterocycles. The van der Waals surface area contributed by atoms with Gasteiger partial charge < -0.3 is 0 Å². The van der Waals surface area contributed by atoms with Crippen molar-refractivity contribution in [3.63, 3.8) is 0 Å². The Morgan fingerprint density at radius 2 is 1.79 bits per heavy atom. The summed E-state index contributed by atoms with van der Waals surface area (Å²) in [5, 5.41) is 0. The second-order valence-corrected chi connectivity index (χ2v) is 8.14. The van der Waals surface area contributed by atoms with Gasteiger partial charge in [0.2, 0.25) is 0 Å². The van der Waals surface area contributed by atoms with Crippen LogP contribution in [0.5, 0.6) is 0 Å². The molecule has 0 aliphatic heterocycles. The molecule has 0 saturated carbocycles. The first kappa shape index (κ1) is 12.1. The van der Waals surface area contributed by atoms with Crippen molar-refractivity contribution >= 4 is 30.8 Å². The Kier molecular flexibility index (Phi) is 4.49. The van der Waals surface area contributed by atoms with E-state index in [-0.39, 0.29) is 5.41 Å². The normalized spacial score (nSPS) is 12.1. The highest BCUT2D eigenvalue weighted by atomic mass is 35.6. The maximum atomic E-state index is 6.17. The van der Waals surface area contributed by atoms with E-state index in [1.54, 1.807) is 0 Å². The van der Waals surface area contributed by atoms with Crippen molar-refractivity contribution < 1.29 is 0 Å². The predicted octanol–water partition coefficient (Wildman–Crippen LogP) is 3.97. The van der Waals surface area contributed by atoms with Crippen LogP contribution in [0.4, 0.5) is 0 Å². The molecule has 0 fully saturated rings. The summed E-state index contributed by atoms with van der Waals surface area (Å²) in [6.07, 6.45) is 0. The molecular weight excluding hydrogens is 231 g/mol. The Hall–Kier alpha value is 0.0169. The molecule has 0 aliphatic carbocycles. The number of halogens is 2. The Labute approximate surface area is 97.5 Å². The Morgan fingerprint density at radius 1 is 1.21 bits per heavy atom. The summed E-state index contributed by atoms with van der Waals surface area (Å²) in [5.74, 6) is 0. The molecule has 3 heteroatoms. The van der Waals surface area contributed by atoms with Crippen molar-refractivity contribution in [1.82, 2.24) is 0 Å². The fraction of sp³-hybridized carbons (Fsp3) is 0.455. The highest BCUT2D eigenvalue weighted by Gasteiger charge is 2.24. The number of alkyl halides is 1. The highest BCUT2D eigenvalue weighted by Crippen LogP contribution is 2.29. The largest absolute Gasteiger partial charge is 0.181 e. The molecule has 0 aliphatic rings. The van der Waals surface area contributed by atoms with E-state index < -0.39 is 8.11 Å². The molecular formula is C11H15Cl2Si. The minimum atomic E-state index is -0.895. The van der Waals surface area contributed by atoms with Gasteiger partial charge >= 0.3 is 0 Å². The van der Waals surface area contributed by atoms with E-state index in [0.717, 1.165) is 6.04 Å². The van der Waals surface area contributed by atoms with Crippen LogP contribution in [0.1, 0.15) is 19.4 Å². The minimum Gasteiger partial charge on any atom is -0.168 e. The zero-order valence-corrected chi connectivity index (χ0v) is 11.1. The van der Waals surface area contributed by atoms with Crippen LogP contribution in [0, 0.1) is 0 Å². The van der Waals surface area contributed by atoms with Crippen LogP contribution in [0.3, 0.4) is 0 Å². The van der Waals surface area contributed by atoms with Gasteiger partial charge in [-0.15, -0.1) is 11.6 Å². The van der Waals surface area contributed by atoms with E-state index in [0.29, 0.717) is 5.50 Å². The van der Waals surface area contributed by atoms with Crippen molar-refractivity contribution in [3.05, 3.63) is 35.9 Å². The van der Waals surface area contributed by atoms with Gasteiger partial charge in [0.15, 0.2) is 8.11 Å². The summed E-state index contributed by atoms with van der Waals surface area (Å²) < 4.78 is 0. The standard InChI is InChI=1S/C11H15Cl2Si/c1-11(2,8-14(13)9-12)10-6-4-3-5-7-10/h3-7H,8-9H2,1-2H3. The van der Waals surface area contributed by atoms with Crippen LogP contribution in [-0.2, 0) is 5.41 Å². The van der Waals surface area contributed by atoms with Gasteiger partial charge in [-0.05, 0) is 17.0 Å². The summed E-state index contributed by atoms with van der Waals surface area (Å²) in [7, 11) is -0.895. The molecule has 0 unspecified atom stereocenters. The lowest BCUT2D eigenvalue weighted by Gasteiger charge is -2.26. The van der Waals surface area contributed by atoms with Crippen molar-refractivity contribution in [2.75, 3.05) is 5.50 Å². The van der Waals surface area contributed by atoms with Crippen LogP contribution in [0.2, 0.25) is 6.04 Å². The van der Waals surface area contributed by atoms with Crippen LogP contribution in [0.25, 0.3) is 0 Å². The molecule has 1 radical (unpaired) electrons. The molecule has 0 atom stereocenters. The smallest absolute Gasteiger partial charge is 0.168 e. The van der Waals surface area contributed by atoms with Crippen molar-refractivity contribution in [1.29, 1.82) is 0 Å². The third-order valence-corrected chi connectivity index (χ3v) is 6.07. The van der Waals surface area contributed by atoms with Crippen LogP contribution in [-0.4, -0.2) is 13.6 Å². The molecule has 1 rings (SSSR count). The third kappa shape index (κ3) is 3.30. The Bertz CT molecular complexity index is 272. The van der Waals surface area contributed by atoms with Gasteiger partial charge in [-0.25, -0.2) is 0 Å². The van der Waals surface area contributed by atoms with Crippen LogP contribution in [0.15, 0.2) is 30.3 Å². The highest BCUT2D eigenvalue weighted by molar-refractivity contribution is 7.09. The van der Waals surface area contributed by atoms with Gasteiger partial charge in [0.05, 0.1) is 0 Å². The van der Waals surface area contributed by atoms with Gasteiger partial charge in [0.1, 0.15) is 0 Å². The number of hydrogen-bond acceptors (Lipinski definition) is 0. The lowest BCUT2D eigenvalue weighted by Crippen LogP contribution is -2.24. The first-order valence-corrected chi connectivity index (χ1v) is 8.14.